The molecular formula is C12H26N2O. The zero-order chi connectivity index (χ0) is 11.3. The van der Waals surface area contributed by atoms with Gasteiger partial charge in [0.15, 0.2) is 0 Å². The molecule has 2 N–H and O–H groups in total. The molecule has 0 bridgehead atoms. The van der Waals surface area contributed by atoms with Gasteiger partial charge in [-0.3, -0.25) is 4.90 Å². The second-order valence-corrected chi connectivity index (χ2v) is 4.72. The van der Waals surface area contributed by atoms with Crippen molar-refractivity contribution in [3.63, 3.8) is 0 Å². The Bertz CT molecular complexity index is 186. The summed E-state index contributed by atoms with van der Waals surface area (Å²) in [7, 11) is 3.95. The smallest absolute Gasteiger partial charge is 0.0589 e. The van der Waals surface area contributed by atoms with Gasteiger partial charge in [0.05, 0.1) is 6.61 Å². The molecule has 0 amide bonds. The summed E-state index contributed by atoms with van der Waals surface area (Å²) in [6.45, 7) is 4.86. The van der Waals surface area contributed by atoms with Crippen molar-refractivity contribution in [3.05, 3.63) is 0 Å². The number of rotatable bonds is 6. The number of hydrogen-bond acceptors (Lipinski definition) is 3. The van der Waals surface area contributed by atoms with E-state index in [1.165, 1.54) is 25.7 Å². The van der Waals surface area contributed by atoms with Crippen molar-refractivity contribution in [1.29, 1.82) is 0 Å². The lowest BCUT2D eigenvalue weighted by Crippen LogP contribution is -2.55. The van der Waals surface area contributed by atoms with Gasteiger partial charge in [-0.15, -0.1) is 0 Å². The quantitative estimate of drug-likeness (QED) is 0.728. The van der Waals surface area contributed by atoms with Crippen LogP contribution in [0.3, 0.4) is 0 Å². The van der Waals surface area contributed by atoms with Gasteiger partial charge in [0.2, 0.25) is 0 Å². The summed E-state index contributed by atoms with van der Waals surface area (Å²) in [5.74, 6) is 0.768. The fourth-order valence-electron chi connectivity index (χ4n) is 3.09. The average molecular weight is 214 g/mol. The Balaban J connectivity index is 2.65. The van der Waals surface area contributed by atoms with Gasteiger partial charge in [0, 0.05) is 25.7 Å². The van der Waals surface area contributed by atoms with E-state index >= 15 is 0 Å². The van der Waals surface area contributed by atoms with E-state index in [4.69, 9.17) is 10.5 Å². The maximum absolute atomic E-state index is 6.02. The fraction of sp³-hybridized carbons (Fsp3) is 1.00. The molecule has 0 aromatic rings. The third kappa shape index (κ3) is 2.52. The van der Waals surface area contributed by atoms with E-state index in [1.807, 2.05) is 0 Å². The van der Waals surface area contributed by atoms with E-state index in [0.29, 0.717) is 0 Å². The van der Waals surface area contributed by atoms with Crippen LogP contribution in [0.5, 0.6) is 0 Å². The number of hydrogen-bond donors (Lipinski definition) is 1. The molecule has 1 aliphatic carbocycles. The highest BCUT2D eigenvalue weighted by atomic mass is 16.5. The predicted molar refractivity (Wildman–Crippen MR) is 63.9 cm³/mol. The first-order valence-electron chi connectivity index (χ1n) is 6.11. The van der Waals surface area contributed by atoms with Crippen LogP contribution in [0.1, 0.15) is 32.6 Å². The highest BCUT2D eigenvalue weighted by molar-refractivity contribution is 5.00. The minimum absolute atomic E-state index is 0.243. The molecule has 1 rings (SSSR count). The van der Waals surface area contributed by atoms with Crippen LogP contribution in [-0.4, -0.2) is 44.3 Å². The van der Waals surface area contributed by atoms with Crippen molar-refractivity contribution in [3.8, 4) is 0 Å². The fourth-order valence-corrected chi connectivity index (χ4v) is 3.09. The zero-order valence-electron chi connectivity index (χ0n) is 10.5. The molecule has 2 unspecified atom stereocenters. The Morgan fingerprint density at radius 3 is 2.80 bits per heavy atom. The second-order valence-electron chi connectivity index (χ2n) is 4.72. The van der Waals surface area contributed by atoms with Gasteiger partial charge in [0.1, 0.15) is 0 Å². The highest BCUT2D eigenvalue weighted by Crippen LogP contribution is 2.40. The van der Waals surface area contributed by atoms with Crippen LogP contribution < -0.4 is 5.73 Å². The van der Waals surface area contributed by atoms with E-state index in [-0.39, 0.29) is 5.54 Å². The van der Waals surface area contributed by atoms with Gasteiger partial charge in [-0.1, -0.05) is 19.8 Å². The molecule has 15 heavy (non-hydrogen) atoms. The minimum Gasteiger partial charge on any atom is -0.383 e. The van der Waals surface area contributed by atoms with Gasteiger partial charge in [-0.25, -0.2) is 0 Å². The molecule has 0 aliphatic heterocycles. The Morgan fingerprint density at radius 1 is 1.53 bits per heavy atom. The van der Waals surface area contributed by atoms with E-state index in [2.05, 4.69) is 18.9 Å². The van der Waals surface area contributed by atoms with Crippen molar-refractivity contribution < 1.29 is 4.74 Å². The van der Waals surface area contributed by atoms with Crippen LogP contribution >= 0.6 is 0 Å². The molecule has 0 radical (unpaired) electrons. The SMILES string of the molecule is CCC1CCCC1(CN)N(C)CCOC. The largest absolute Gasteiger partial charge is 0.383 e. The third-order valence-electron chi connectivity index (χ3n) is 4.16. The predicted octanol–water partition coefficient (Wildman–Crippen LogP) is 1.47. The lowest BCUT2D eigenvalue weighted by atomic mass is 9.83. The summed E-state index contributed by atoms with van der Waals surface area (Å²) >= 11 is 0. The molecule has 2 atom stereocenters. The van der Waals surface area contributed by atoms with E-state index < -0.39 is 0 Å². The molecule has 1 fully saturated rings. The molecule has 90 valence electrons. The first-order chi connectivity index (χ1) is 7.21. The van der Waals surface area contributed by atoms with Crippen LogP contribution in [0.15, 0.2) is 0 Å². The summed E-state index contributed by atoms with van der Waals surface area (Å²) in [6.07, 6.45) is 5.16. The van der Waals surface area contributed by atoms with Gasteiger partial charge in [-0.05, 0) is 25.8 Å². The van der Waals surface area contributed by atoms with Crippen LogP contribution in [0.2, 0.25) is 0 Å². The summed E-state index contributed by atoms with van der Waals surface area (Å²) in [4.78, 5) is 2.43. The number of methoxy groups -OCH3 is 1. The van der Waals surface area contributed by atoms with Crippen molar-refractivity contribution >= 4 is 0 Å². The Hall–Kier alpha value is -0.120. The zero-order valence-corrected chi connectivity index (χ0v) is 10.5. The molecule has 1 saturated carbocycles. The van der Waals surface area contributed by atoms with Crippen LogP contribution in [0, 0.1) is 5.92 Å². The maximum atomic E-state index is 6.02. The number of likely N-dealkylation sites (N-methyl/N-ethyl adjacent to an activating group) is 1. The molecule has 3 heteroatoms. The molecular weight excluding hydrogens is 188 g/mol. The standard InChI is InChI=1S/C12H26N2O/c1-4-11-6-5-7-12(11,10-13)14(2)8-9-15-3/h11H,4-10,13H2,1-3H3. The third-order valence-corrected chi connectivity index (χ3v) is 4.16. The Labute approximate surface area is 94.0 Å². The van der Waals surface area contributed by atoms with Crippen LogP contribution in [0.25, 0.3) is 0 Å². The molecule has 0 aromatic carbocycles. The molecule has 0 saturated heterocycles. The first-order valence-corrected chi connectivity index (χ1v) is 6.11. The van der Waals surface area contributed by atoms with E-state index in [1.54, 1.807) is 7.11 Å². The number of ether oxygens (including phenoxy) is 1. The Kier molecular flexibility index (Phi) is 5.03. The van der Waals surface area contributed by atoms with E-state index in [0.717, 1.165) is 25.6 Å². The minimum atomic E-state index is 0.243. The summed E-state index contributed by atoms with van der Waals surface area (Å²) in [6, 6.07) is 0. The molecule has 1 aliphatic rings. The molecule has 0 heterocycles. The molecule has 3 nitrogen and oxygen atoms in total. The van der Waals surface area contributed by atoms with Gasteiger partial charge >= 0.3 is 0 Å². The van der Waals surface area contributed by atoms with Gasteiger partial charge in [-0.2, -0.15) is 0 Å². The summed E-state index contributed by atoms with van der Waals surface area (Å²) < 4.78 is 5.15. The lowest BCUT2D eigenvalue weighted by Gasteiger charge is -2.42. The second kappa shape index (κ2) is 5.83. The van der Waals surface area contributed by atoms with E-state index in [9.17, 15) is 0 Å². The average Bonchev–Trinajstić information content (AvgIpc) is 2.69. The first kappa shape index (κ1) is 12.9. The van der Waals surface area contributed by atoms with Crippen molar-refractivity contribution in [1.82, 2.24) is 4.90 Å². The Morgan fingerprint density at radius 2 is 2.27 bits per heavy atom. The highest BCUT2D eigenvalue weighted by Gasteiger charge is 2.43. The van der Waals surface area contributed by atoms with Gasteiger partial charge < -0.3 is 10.5 Å². The van der Waals surface area contributed by atoms with Crippen LogP contribution in [0.4, 0.5) is 0 Å². The van der Waals surface area contributed by atoms with Crippen molar-refractivity contribution in [2.75, 3.05) is 33.9 Å². The van der Waals surface area contributed by atoms with Crippen LogP contribution in [-0.2, 0) is 4.74 Å². The number of nitrogens with two attached hydrogens (primary N) is 1. The lowest BCUT2D eigenvalue weighted by molar-refractivity contribution is 0.0540. The summed E-state index contributed by atoms with van der Waals surface area (Å²) in [5, 5.41) is 0. The maximum Gasteiger partial charge on any atom is 0.0589 e. The van der Waals surface area contributed by atoms with Gasteiger partial charge in [0.25, 0.3) is 0 Å². The summed E-state index contributed by atoms with van der Waals surface area (Å²) in [5.41, 5.74) is 6.27. The number of nitrogens with zero attached hydrogens (tertiary/aromatic N) is 1. The molecule has 0 aromatic heterocycles. The molecule has 0 spiro atoms. The topological polar surface area (TPSA) is 38.5 Å². The monoisotopic (exact) mass is 214 g/mol. The van der Waals surface area contributed by atoms with Crippen molar-refractivity contribution in [2.45, 2.75) is 38.1 Å². The van der Waals surface area contributed by atoms with Crippen molar-refractivity contribution in [2.24, 2.45) is 11.7 Å². The normalized spacial score (nSPS) is 31.4.